The molecule has 1 aliphatic heterocycles. The molecule has 3 N–H and O–H groups in total. The predicted molar refractivity (Wildman–Crippen MR) is 78.1 cm³/mol. The number of hydrogen-bond acceptors (Lipinski definition) is 3. The molecule has 0 aromatic carbocycles. The number of carboxylic acid groups (broad SMARTS) is 1. The van der Waals surface area contributed by atoms with Crippen LogP contribution in [0.5, 0.6) is 0 Å². The molecule has 1 saturated carbocycles. The summed E-state index contributed by atoms with van der Waals surface area (Å²) < 4.78 is 5.59. The van der Waals surface area contributed by atoms with Gasteiger partial charge in [0.2, 0.25) is 0 Å². The summed E-state index contributed by atoms with van der Waals surface area (Å²) in [5.41, 5.74) is -0.764. The van der Waals surface area contributed by atoms with Gasteiger partial charge in [-0.2, -0.15) is 0 Å². The summed E-state index contributed by atoms with van der Waals surface area (Å²) in [6, 6.07) is -0.274. The summed E-state index contributed by atoms with van der Waals surface area (Å²) in [4.78, 5) is 23.3. The first-order chi connectivity index (χ1) is 10.1. The fourth-order valence-electron chi connectivity index (χ4n) is 3.43. The Balaban J connectivity index is 1.73. The molecule has 21 heavy (non-hydrogen) atoms. The van der Waals surface area contributed by atoms with Crippen LogP contribution in [0.3, 0.4) is 0 Å². The monoisotopic (exact) mass is 298 g/mol. The second-order valence-corrected chi connectivity index (χ2v) is 6.22. The van der Waals surface area contributed by atoms with Crippen LogP contribution in [-0.4, -0.2) is 42.9 Å². The molecule has 0 aromatic heterocycles. The van der Waals surface area contributed by atoms with E-state index in [1.165, 1.54) is 0 Å². The lowest BCUT2D eigenvalue weighted by atomic mass is 9.86. The molecular weight excluding hydrogens is 272 g/mol. The van der Waals surface area contributed by atoms with Gasteiger partial charge < -0.3 is 20.5 Å². The van der Waals surface area contributed by atoms with E-state index in [4.69, 9.17) is 4.74 Å². The molecule has 1 heterocycles. The van der Waals surface area contributed by atoms with Crippen LogP contribution < -0.4 is 10.6 Å². The van der Waals surface area contributed by atoms with E-state index in [9.17, 15) is 14.7 Å². The summed E-state index contributed by atoms with van der Waals surface area (Å²) in [7, 11) is 0. The van der Waals surface area contributed by atoms with Gasteiger partial charge in [0, 0.05) is 25.6 Å². The van der Waals surface area contributed by atoms with Crippen LogP contribution >= 0.6 is 0 Å². The van der Waals surface area contributed by atoms with Gasteiger partial charge in [0.15, 0.2) is 0 Å². The zero-order valence-corrected chi connectivity index (χ0v) is 12.7. The van der Waals surface area contributed by atoms with Crippen molar-refractivity contribution in [1.29, 1.82) is 0 Å². The minimum absolute atomic E-state index is 0.215. The molecule has 120 valence electrons. The molecule has 0 radical (unpaired) electrons. The highest BCUT2D eigenvalue weighted by Crippen LogP contribution is 2.37. The second kappa shape index (κ2) is 7.11. The molecule has 6 nitrogen and oxygen atoms in total. The number of carbonyl (C=O) groups is 2. The van der Waals surface area contributed by atoms with Crippen LogP contribution in [-0.2, 0) is 9.53 Å². The van der Waals surface area contributed by atoms with Gasteiger partial charge in [-0.3, -0.25) is 4.79 Å². The van der Waals surface area contributed by atoms with Gasteiger partial charge >= 0.3 is 12.0 Å². The van der Waals surface area contributed by atoms with Crippen molar-refractivity contribution >= 4 is 12.0 Å². The van der Waals surface area contributed by atoms with E-state index in [1.807, 2.05) is 0 Å². The van der Waals surface area contributed by atoms with Crippen LogP contribution in [0.25, 0.3) is 0 Å². The summed E-state index contributed by atoms with van der Waals surface area (Å²) in [6.45, 7) is 3.64. The highest BCUT2D eigenvalue weighted by atomic mass is 16.5. The van der Waals surface area contributed by atoms with E-state index in [1.54, 1.807) is 0 Å². The van der Waals surface area contributed by atoms with Crippen molar-refractivity contribution in [2.75, 3.05) is 19.7 Å². The highest BCUT2D eigenvalue weighted by Gasteiger charge is 2.41. The summed E-state index contributed by atoms with van der Waals surface area (Å²) in [6.07, 6.45) is 5.30. The highest BCUT2D eigenvalue weighted by molar-refractivity contribution is 5.78. The Bertz CT molecular complexity index is 380. The van der Waals surface area contributed by atoms with Crippen molar-refractivity contribution in [3.05, 3.63) is 0 Å². The number of rotatable bonds is 6. The molecule has 0 spiro atoms. The Morgan fingerprint density at radius 3 is 2.62 bits per heavy atom. The Morgan fingerprint density at radius 2 is 2.00 bits per heavy atom. The predicted octanol–water partition coefficient (Wildman–Crippen LogP) is 1.75. The molecule has 2 amide bonds. The maximum absolute atomic E-state index is 11.9. The molecule has 2 aliphatic rings. The fourth-order valence-corrected chi connectivity index (χ4v) is 3.43. The maximum atomic E-state index is 11.9. The third-order valence-electron chi connectivity index (χ3n) is 4.88. The summed E-state index contributed by atoms with van der Waals surface area (Å²) in [5.74, 6) is -0.434. The van der Waals surface area contributed by atoms with Gasteiger partial charge in [0.1, 0.15) is 0 Å². The summed E-state index contributed by atoms with van der Waals surface area (Å²) >= 11 is 0. The molecule has 2 unspecified atom stereocenters. The van der Waals surface area contributed by atoms with Crippen molar-refractivity contribution in [2.45, 2.75) is 51.6 Å². The minimum Gasteiger partial charge on any atom is -0.481 e. The van der Waals surface area contributed by atoms with Crippen LogP contribution in [0.1, 0.15) is 45.4 Å². The summed E-state index contributed by atoms with van der Waals surface area (Å²) in [5, 5.41) is 14.9. The van der Waals surface area contributed by atoms with Crippen LogP contribution in [0.4, 0.5) is 4.79 Å². The van der Waals surface area contributed by atoms with Crippen molar-refractivity contribution in [2.24, 2.45) is 11.3 Å². The number of carbonyl (C=O) groups excluding carboxylic acids is 1. The van der Waals surface area contributed by atoms with E-state index in [-0.39, 0.29) is 18.7 Å². The normalized spacial score (nSPS) is 27.5. The second-order valence-electron chi connectivity index (χ2n) is 6.22. The van der Waals surface area contributed by atoms with E-state index >= 15 is 0 Å². The van der Waals surface area contributed by atoms with Crippen molar-refractivity contribution in [3.8, 4) is 0 Å². The van der Waals surface area contributed by atoms with Crippen molar-refractivity contribution in [1.82, 2.24) is 10.6 Å². The molecule has 2 atom stereocenters. The first-order valence-electron chi connectivity index (χ1n) is 7.94. The zero-order chi connectivity index (χ0) is 15.3. The smallest absolute Gasteiger partial charge is 0.314 e. The van der Waals surface area contributed by atoms with Gasteiger partial charge in [-0.15, -0.1) is 0 Å². The lowest BCUT2D eigenvalue weighted by molar-refractivity contribution is -0.148. The average molecular weight is 298 g/mol. The number of urea groups is 1. The Kier molecular flexibility index (Phi) is 5.45. The molecule has 1 aliphatic carbocycles. The van der Waals surface area contributed by atoms with E-state index in [0.717, 1.165) is 32.3 Å². The van der Waals surface area contributed by atoms with Crippen molar-refractivity contribution in [3.63, 3.8) is 0 Å². The van der Waals surface area contributed by atoms with Gasteiger partial charge in [0.05, 0.1) is 11.5 Å². The van der Waals surface area contributed by atoms with Gasteiger partial charge in [-0.1, -0.05) is 19.8 Å². The lowest BCUT2D eigenvalue weighted by Crippen LogP contribution is -2.46. The standard InChI is InChI=1S/C15H26N2O4/c1-2-12-11(5-8-21-12)9-16-14(20)17-10-15(13(18)19)6-3-4-7-15/h11-12H,2-10H2,1H3,(H,18,19)(H2,16,17,20). The lowest BCUT2D eigenvalue weighted by Gasteiger charge is -2.24. The number of amides is 2. The number of aliphatic carboxylic acids is 1. The van der Waals surface area contributed by atoms with Crippen LogP contribution in [0.2, 0.25) is 0 Å². The van der Waals surface area contributed by atoms with E-state index in [2.05, 4.69) is 17.6 Å². The average Bonchev–Trinajstić information content (AvgIpc) is 3.12. The molecule has 2 rings (SSSR count). The Hall–Kier alpha value is -1.30. The molecule has 0 bridgehead atoms. The Morgan fingerprint density at radius 1 is 1.29 bits per heavy atom. The molecule has 0 aromatic rings. The third kappa shape index (κ3) is 3.87. The fraction of sp³-hybridized carbons (Fsp3) is 0.867. The van der Waals surface area contributed by atoms with Crippen LogP contribution in [0, 0.1) is 11.3 Å². The van der Waals surface area contributed by atoms with Gasteiger partial charge in [-0.05, 0) is 25.7 Å². The van der Waals surface area contributed by atoms with Gasteiger partial charge in [0.25, 0.3) is 0 Å². The van der Waals surface area contributed by atoms with E-state index in [0.29, 0.717) is 25.3 Å². The first-order valence-corrected chi connectivity index (χ1v) is 7.94. The minimum atomic E-state index is -0.796. The van der Waals surface area contributed by atoms with Gasteiger partial charge in [-0.25, -0.2) is 4.79 Å². The quantitative estimate of drug-likeness (QED) is 0.697. The maximum Gasteiger partial charge on any atom is 0.314 e. The van der Waals surface area contributed by atoms with Crippen molar-refractivity contribution < 1.29 is 19.4 Å². The number of hydrogen-bond donors (Lipinski definition) is 3. The molecule has 1 saturated heterocycles. The number of nitrogens with one attached hydrogen (secondary N) is 2. The zero-order valence-electron chi connectivity index (χ0n) is 12.7. The number of carboxylic acids is 1. The molecular formula is C15H26N2O4. The topological polar surface area (TPSA) is 87.7 Å². The Labute approximate surface area is 125 Å². The molecule has 6 heteroatoms. The largest absolute Gasteiger partial charge is 0.481 e. The van der Waals surface area contributed by atoms with E-state index < -0.39 is 11.4 Å². The SMILES string of the molecule is CCC1OCCC1CNC(=O)NCC1(C(=O)O)CCCC1. The molecule has 2 fully saturated rings. The van der Waals surface area contributed by atoms with Crippen LogP contribution in [0.15, 0.2) is 0 Å². The first kappa shape index (κ1) is 16.1. The number of ether oxygens (including phenoxy) is 1. The third-order valence-corrected chi connectivity index (χ3v) is 4.88.